The van der Waals surface area contributed by atoms with Gasteiger partial charge in [-0.25, -0.2) is 12.4 Å². The first-order chi connectivity index (χ1) is 13.8. The number of pyridine rings is 1. The lowest BCUT2D eigenvalue weighted by Crippen LogP contribution is -2.41. The van der Waals surface area contributed by atoms with Gasteiger partial charge in [0.05, 0.1) is 27.1 Å². The fourth-order valence-electron chi connectivity index (χ4n) is 3.56. The lowest BCUT2D eigenvalue weighted by atomic mass is 9.80. The average Bonchev–Trinajstić information content (AvgIpc) is 3.14. The van der Waals surface area contributed by atoms with Crippen LogP contribution in [0.15, 0.2) is 52.3 Å². The molecule has 158 valence electrons. The van der Waals surface area contributed by atoms with Crippen molar-refractivity contribution in [1.29, 1.82) is 0 Å². The molecule has 1 aromatic carbocycles. The second-order valence-corrected chi connectivity index (χ2v) is 10.6. The van der Waals surface area contributed by atoms with E-state index in [4.69, 9.17) is 9.31 Å². The largest absolute Gasteiger partial charge is 0.498 e. The Hall–Kier alpha value is -2.36. The van der Waals surface area contributed by atoms with Crippen molar-refractivity contribution in [3.8, 4) is 0 Å². The van der Waals surface area contributed by atoms with Gasteiger partial charge in [0.25, 0.3) is 15.6 Å². The van der Waals surface area contributed by atoms with Crippen LogP contribution in [0.3, 0.4) is 0 Å². The first kappa shape index (κ1) is 20.9. The van der Waals surface area contributed by atoms with Crippen LogP contribution in [0.2, 0.25) is 0 Å². The molecule has 1 fully saturated rings. The Labute approximate surface area is 176 Å². The third-order valence-corrected chi connectivity index (χ3v) is 7.83. The average molecular weight is 428 g/mol. The minimum absolute atomic E-state index is 0.166. The minimum atomic E-state index is -3.89. The molecule has 7 nitrogen and oxygen atoms in total. The molecule has 1 aliphatic rings. The Morgan fingerprint density at radius 1 is 0.933 bits per heavy atom. The van der Waals surface area contributed by atoms with Crippen molar-refractivity contribution in [2.24, 2.45) is 7.05 Å². The molecule has 0 aliphatic carbocycles. The molecule has 1 aliphatic heterocycles. The zero-order valence-electron chi connectivity index (χ0n) is 18.0. The molecule has 9 heteroatoms. The quantitative estimate of drug-likeness (QED) is 0.598. The molecule has 1 saturated heterocycles. The van der Waals surface area contributed by atoms with Crippen LogP contribution in [0.5, 0.6) is 0 Å². The molecule has 3 aromatic rings. The summed E-state index contributed by atoms with van der Waals surface area (Å²) in [4.78, 5) is 12.5. The first-order valence-electron chi connectivity index (χ1n) is 9.74. The second-order valence-electron chi connectivity index (χ2n) is 8.75. The number of aryl methyl sites for hydroxylation is 2. The Balaban J connectivity index is 1.97. The fraction of sp³-hybridized carbons (Fsp3) is 0.381. The van der Waals surface area contributed by atoms with Crippen LogP contribution in [0.25, 0.3) is 11.0 Å². The number of nitrogens with zero attached hydrogens (tertiary/aromatic N) is 2. The van der Waals surface area contributed by atoms with E-state index in [0.717, 1.165) is 5.56 Å². The SMILES string of the molecule is Cc1ccc(S(=O)(=O)n2cc(B3OC(C)(C)C(C)(C)O3)c3c2ccc(=O)n3C)cc1. The molecule has 0 saturated carbocycles. The van der Waals surface area contributed by atoms with E-state index in [9.17, 15) is 13.2 Å². The van der Waals surface area contributed by atoms with Crippen molar-refractivity contribution < 1.29 is 17.7 Å². The maximum Gasteiger partial charge on any atom is 0.498 e. The Kier molecular flexibility index (Phi) is 4.58. The normalized spacial score (nSPS) is 18.3. The molecule has 0 atom stereocenters. The van der Waals surface area contributed by atoms with Gasteiger partial charge < -0.3 is 13.9 Å². The van der Waals surface area contributed by atoms with Crippen LogP contribution in [-0.4, -0.2) is 35.3 Å². The number of benzene rings is 1. The molecule has 0 N–H and O–H groups in total. The summed E-state index contributed by atoms with van der Waals surface area (Å²) in [6.45, 7) is 9.60. The topological polar surface area (TPSA) is 79.5 Å². The molecular weight excluding hydrogens is 403 g/mol. The standard InChI is InChI=1S/C21H25BN2O5S/c1-14-7-9-15(10-8-14)30(26,27)24-13-16(19-17(24)11-12-18(25)23(19)6)22-28-20(2,3)21(4,5)29-22/h7-13H,1-6H3. The predicted molar refractivity (Wildman–Crippen MR) is 117 cm³/mol. The lowest BCUT2D eigenvalue weighted by molar-refractivity contribution is 0.00578. The molecule has 0 amide bonds. The Bertz CT molecular complexity index is 1290. The molecule has 0 bridgehead atoms. The highest BCUT2D eigenvalue weighted by Gasteiger charge is 2.53. The minimum Gasteiger partial charge on any atom is -0.399 e. The summed E-state index contributed by atoms with van der Waals surface area (Å²) in [6.07, 6.45) is 1.50. The zero-order valence-corrected chi connectivity index (χ0v) is 18.8. The van der Waals surface area contributed by atoms with Crippen molar-refractivity contribution >= 4 is 33.6 Å². The molecule has 0 unspecified atom stereocenters. The van der Waals surface area contributed by atoms with Gasteiger partial charge in [-0.15, -0.1) is 0 Å². The summed E-state index contributed by atoms with van der Waals surface area (Å²) in [5.41, 5.74) is 0.876. The highest BCUT2D eigenvalue weighted by Crippen LogP contribution is 2.37. The molecular formula is C21H25BN2O5S. The molecule has 2 aromatic heterocycles. The van der Waals surface area contributed by atoms with E-state index < -0.39 is 28.3 Å². The van der Waals surface area contributed by atoms with E-state index in [0.29, 0.717) is 16.5 Å². The third kappa shape index (κ3) is 3.03. The lowest BCUT2D eigenvalue weighted by Gasteiger charge is -2.32. The van der Waals surface area contributed by atoms with Crippen molar-refractivity contribution in [3.63, 3.8) is 0 Å². The number of aromatic nitrogens is 2. The van der Waals surface area contributed by atoms with Crippen molar-refractivity contribution in [2.45, 2.75) is 50.7 Å². The van der Waals surface area contributed by atoms with Gasteiger partial charge >= 0.3 is 7.12 Å². The van der Waals surface area contributed by atoms with Crippen LogP contribution < -0.4 is 11.0 Å². The van der Waals surface area contributed by atoms with Gasteiger partial charge in [0.15, 0.2) is 0 Å². The van der Waals surface area contributed by atoms with E-state index >= 15 is 0 Å². The maximum absolute atomic E-state index is 13.4. The molecule has 0 radical (unpaired) electrons. The maximum atomic E-state index is 13.4. The Morgan fingerprint density at radius 3 is 2.07 bits per heavy atom. The first-order valence-corrected chi connectivity index (χ1v) is 11.2. The predicted octanol–water partition coefficient (Wildman–Crippen LogP) is 2.18. The van der Waals surface area contributed by atoms with E-state index in [1.165, 1.54) is 26.9 Å². The van der Waals surface area contributed by atoms with Crippen molar-refractivity contribution in [1.82, 2.24) is 8.54 Å². The number of fused-ring (bicyclic) bond motifs is 1. The van der Waals surface area contributed by atoms with Crippen LogP contribution in [0.1, 0.15) is 33.3 Å². The van der Waals surface area contributed by atoms with E-state index in [2.05, 4.69) is 0 Å². The monoisotopic (exact) mass is 428 g/mol. The summed E-state index contributed by atoms with van der Waals surface area (Å²) >= 11 is 0. The molecule has 30 heavy (non-hydrogen) atoms. The number of rotatable bonds is 3. The summed E-state index contributed by atoms with van der Waals surface area (Å²) in [5, 5.41) is 0. The molecule has 4 rings (SSSR count). The van der Waals surface area contributed by atoms with Crippen molar-refractivity contribution in [2.75, 3.05) is 0 Å². The molecule has 3 heterocycles. The van der Waals surface area contributed by atoms with E-state index in [1.807, 2.05) is 34.6 Å². The van der Waals surface area contributed by atoms with Gasteiger partial charge in [0, 0.05) is 24.8 Å². The van der Waals surface area contributed by atoms with E-state index in [-0.39, 0.29) is 10.5 Å². The van der Waals surface area contributed by atoms with Gasteiger partial charge in [-0.3, -0.25) is 4.79 Å². The molecule has 0 spiro atoms. The smallest absolute Gasteiger partial charge is 0.399 e. The highest BCUT2D eigenvalue weighted by molar-refractivity contribution is 7.90. The summed E-state index contributed by atoms with van der Waals surface area (Å²) in [7, 11) is -3.08. The van der Waals surface area contributed by atoms with Gasteiger partial charge in [0.2, 0.25) is 0 Å². The van der Waals surface area contributed by atoms with Gasteiger partial charge in [0.1, 0.15) is 0 Å². The summed E-state index contributed by atoms with van der Waals surface area (Å²) < 4.78 is 41.8. The highest BCUT2D eigenvalue weighted by atomic mass is 32.2. The van der Waals surface area contributed by atoms with Gasteiger partial charge in [-0.1, -0.05) is 17.7 Å². The van der Waals surface area contributed by atoms with Crippen LogP contribution in [0, 0.1) is 6.92 Å². The zero-order chi connectivity index (χ0) is 22.1. The van der Waals surface area contributed by atoms with Crippen LogP contribution >= 0.6 is 0 Å². The van der Waals surface area contributed by atoms with Crippen molar-refractivity contribution in [3.05, 3.63) is 58.5 Å². The summed E-state index contributed by atoms with van der Waals surface area (Å²) in [6, 6.07) is 9.54. The fourth-order valence-corrected chi connectivity index (χ4v) is 4.93. The summed E-state index contributed by atoms with van der Waals surface area (Å²) in [5.74, 6) is 0. The number of hydrogen-bond acceptors (Lipinski definition) is 5. The third-order valence-electron chi connectivity index (χ3n) is 6.14. The van der Waals surface area contributed by atoms with E-state index in [1.54, 1.807) is 31.3 Å². The van der Waals surface area contributed by atoms with Crippen LogP contribution in [0.4, 0.5) is 0 Å². The number of hydrogen-bond donors (Lipinski definition) is 0. The Morgan fingerprint density at radius 2 is 1.50 bits per heavy atom. The van der Waals surface area contributed by atoms with Crippen LogP contribution in [-0.2, 0) is 26.4 Å². The second kappa shape index (κ2) is 6.57. The van der Waals surface area contributed by atoms with Gasteiger partial charge in [-0.2, -0.15) is 0 Å². The van der Waals surface area contributed by atoms with Gasteiger partial charge in [-0.05, 0) is 52.8 Å².